The number of hydrogen-bond donors (Lipinski definition) is 1. The lowest BCUT2D eigenvalue weighted by Gasteiger charge is -2.30. The van der Waals surface area contributed by atoms with Gasteiger partial charge in [0.2, 0.25) is 0 Å². The number of hydrogen-bond acceptors (Lipinski definition) is 3. The molecule has 0 aliphatic rings. The van der Waals surface area contributed by atoms with Crippen molar-refractivity contribution >= 4 is 29.9 Å². The monoisotopic (exact) mass is 464 g/mol. The molecule has 1 N–H and O–H groups in total. The fourth-order valence-corrected chi connectivity index (χ4v) is 2.92. The van der Waals surface area contributed by atoms with Gasteiger partial charge < -0.3 is 10.2 Å². The highest BCUT2D eigenvalue weighted by molar-refractivity contribution is 14.0. The van der Waals surface area contributed by atoms with E-state index in [0.29, 0.717) is 12.1 Å². The van der Waals surface area contributed by atoms with Crippen molar-refractivity contribution in [1.29, 1.82) is 0 Å². The Bertz CT molecular complexity index is 490. The summed E-state index contributed by atoms with van der Waals surface area (Å²) in [4.78, 5) is 9.46. The maximum atomic E-state index is 4.78. The molecule has 0 spiro atoms. The van der Waals surface area contributed by atoms with Crippen molar-refractivity contribution in [2.24, 2.45) is 12.0 Å². The van der Waals surface area contributed by atoms with Crippen LogP contribution in [-0.2, 0) is 13.6 Å². The van der Waals surface area contributed by atoms with Crippen LogP contribution in [0.1, 0.15) is 46.6 Å². The molecular weight excluding hydrogens is 427 g/mol. The molecule has 0 unspecified atom stereocenters. The minimum Gasteiger partial charge on any atom is -0.357 e. The van der Waals surface area contributed by atoms with E-state index >= 15 is 0 Å². The van der Waals surface area contributed by atoms with Gasteiger partial charge in [0.05, 0.1) is 6.20 Å². The van der Waals surface area contributed by atoms with Crippen LogP contribution in [0.5, 0.6) is 0 Å². The van der Waals surface area contributed by atoms with Crippen LogP contribution in [0.15, 0.2) is 17.4 Å². The van der Waals surface area contributed by atoms with Crippen LogP contribution in [0.3, 0.4) is 0 Å². The average Bonchev–Trinajstić information content (AvgIpc) is 2.90. The van der Waals surface area contributed by atoms with Crippen LogP contribution in [0, 0.1) is 0 Å². The number of rotatable bonds is 9. The fraction of sp³-hybridized carbons (Fsp3) is 0.778. The molecule has 0 atom stereocenters. The Labute approximate surface area is 171 Å². The van der Waals surface area contributed by atoms with E-state index in [2.05, 4.69) is 61.9 Å². The first-order chi connectivity index (χ1) is 11.3. The van der Waals surface area contributed by atoms with Crippen molar-refractivity contribution in [3.8, 4) is 0 Å². The summed E-state index contributed by atoms with van der Waals surface area (Å²) in [6.07, 6.45) is 5.03. The lowest BCUT2D eigenvalue weighted by molar-refractivity contribution is 0.174. The van der Waals surface area contributed by atoms with E-state index in [9.17, 15) is 0 Å². The number of guanidine groups is 1. The van der Waals surface area contributed by atoms with Gasteiger partial charge in [-0.2, -0.15) is 5.10 Å². The molecule has 0 radical (unpaired) electrons. The number of aliphatic imine (C=N–C) groups is 1. The molecule has 0 saturated heterocycles. The van der Waals surface area contributed by atoms with Crippen LogP contribution >= 0.6 is 24.0 Å². The molecule has 0 fully saturated rings. The van der Waals surface area contributed by atoms with Crippen LogP contribution < -0.4 is 5.32 Å². The summed E-state index contributed by atoms with van der Waals surface area (Å²) in [7, 11) is 4.01. The number of halogens is 1. The highest BCUT2D eigenvalue weighted by atomic mass is 127. The summed E-state index contributed by atoms with van der Waals surface area (Å²) >= 11 is 0. The van der Waals surface area contributed by atoms with Crippen LogP contribution in [-0.4, -0.2) is 64.3 Å². The summed E-state index contributed by atoms with van der Waals surface area (Å²) in [6, 6.07) is 1.16. The molecule has 0 bridgehead atoms. The predicted molar refractivity (Wildman–Crippen MR) is 118 cm³/mol. The molecule has 1 rings (SSSR count). The predicted octanol–water partition coefficient (Wildman–Crippen LogP) is 2.94. The van der Waals surface area contributed by atoms with Gasteiger partial charge in [0.25, 0.3) is 0 Å². The second-order valence-electron chi connectivity index (χ2n) is 6.89. The number of aryl methyl sites for hydroxylation is 1. The van der Waals surface area contributed by atoms with E-state index in [-0.39, 0.29) is 24.0 Å². The summed E-state index contributed by atoms with van der Waals surface area (Å²) in [5, 5.41) is 7.61. The maximum absolute atomic E-state index is 4.78. The molecule has 1 heterocycles. The minimum atomic E-state index is 0. The van der Waals surface area contributed by atoms with Crippen molar-refractivity contribution in [2.75, 3.05) is 26.7 Å². The van der Waals surface area contributed by atoms with E-state index in [0.717, 1.165) is 38.6 Å². The minimum absolute atomic E-state index is 0. The molecule has 0 amide bonds. The van der Waals surface area contributed by atoms with E-state index < -0.39 is 0 Å². The third-order valence-corrected chi connectivity index (χ3v) is 4.04. The summed E-state index contributed by atoms with van der Waals surface area (Å²) < 4.78 is 1.83. The Morgan fingerprint density at radius 2 is 1.92 bits per heavy atom. The third-order valence-electron chi connectivity index (χ3n) is 4.04. The molecule has 1 aromatic rings. The number of nitrogens with one attached hydrogen (secondary N) is 1. The first kappa shape index (κ1) is 24.2. The van der Waals surface area contributed by atoms with Gasteiger partial charge in [-0.15, -0.1) is 24.0 Å². The van der Waals surface area contributed by atoms with Crippen LogP contribution in [0.2, 0.25) is 0 Å². The standard InChI is InChI=1S/C18H36N6.HI/c1-8-19-18(22(6)13-17-12-21-23(7)14-17)20-10-9-11-24(15(2)3)16(4)5;/h12,14-16H,8-11,13H2,1-7H3,(H,19,20);1H. The first-order valence-corrected chi connectivity index (χ1v) is 9.07. The zero-order valence-corrected chi connectivity index (χ0v) is 19.3. The molecule has 1 aromatic heterocycles. The largest absolute Gasteiger partial charge is 0.357 e. The normalized spacial score (nSPS) is 12.0. The van der Waals surface area contributed by atoms with Gasteiger partial charge >= 0.3 is 0 Å². The zero-order valence-electron chi connectivity index (χ0n) is 17.0. The number of nitrogens with zero attached hydrogens (tertiary/aromatic N) is 5. The number of aromatic nitrogens is 2. The lowest BCUT2D eigenvalue weighted by atomic mass is 10.2. The molecule has 0 aromatic carbocycles. The molecule has 0 saturated carbocycles. The highest BCUT2D eigenvalue weighted by Crippen LogP contribution is 2.06. The molecule has 146 valence electrons. The second kappa shape index (κ2) is 12.5. The maximum Gasteiger partial charge on any atom is 0.193 e. The van der Waals surface area contributed by atoms with Crippen molar-refractivity contribution in [1.82, 2.24) is 24.9 Å². The van der Waals surface area contributed by atoms with Gasteiger partial charge in [-0.05, 0) is 41.0 Å². The van der Waals surface area contributed by atoms with E-state index in [1.165, 1.54) is 5.56 Å². The average molecular weight is 464 g/mol. The smallest absolute Gasteiger partial charge is 0.193 e. The SMILES string of the molecule is CCNC(=NCCCN(C(C)C)C(C)C)N(C)Cc1cnn(C)c1.I. The topological polar surface area (TPSA) is 48.7 Å². The molecule has 0 aliphatic heterocycles. The highest BCUT2D eigenvalue weighted by Gasteiger charge is 2.12. The molecule has 7 heteroatoms. The molecule has 25 heavy (non-hydrogen) atoms. The zero-order chi connectivity index (χ0) is 18.1. The van der Waals surface area contributed by atoms with Gasteiger partial charge in [-0.1, -0.05) is 0 Å². The van der Waals surface area contributed by atoms with Crippen LogP contribution in [0.25, 0.3) is 0 Å². The van der Waals surface area contributed by atoms with Gasteiger partial charge in [-0.25, -0.2) is 0 Å². The second-order valence-corrected chi connectivity index (χ2v) is 6.89. The Kier molecular flexibility index (Phi) is 12.1. The van der Waals surface area contributed by atoms with Crippen LogP contribution in [0.4, 0.5) is 0 Å². The summed E-state index contributed by atoms with van der Waals surface area (Å²) in [5.41, 5.74) is 1.19. The van der Waals surface area contributed by atoms with Crippen molar-refractivity contribution in [3.05, 3.63) is 18.0 Å². The molecule has 6 nitrogen and oxygen atoms in total. The molecule has 0 aliphatic carbocycles. The first-order valence-electron chi connectivity index (χ1n) is 9.07. The Hall–Kier alpha value is -0.830. The van der Waals surface area contributed by atoms with E-state index in [1.807, 2.05) is 24.1 Å². The fourth-order valence-electron chi connectivity index (χ4n) is 2.92. The van der Waals surface area contributed by atoms with Crippen molar-refractivity contribution in [3.63, 3.8) is 0 Å². The lowest BCUT2D eigenvalue weighted by Crippen LogP contribution is -2.39. The van der Waals surface area contributed by atoms with Crippen molar-refractivity contribution < 1.29 is 0 Å². The van der Waals surface area contributed by atoms with Gasteiger partial charge in [0.15, 0.2) is 5.96 Å². The quantitative estimate of drug-likeness (QED) is 0.264. The van der Waals surface area contributed by atoms with Gasteiger partial charge in [0.1, 0.15) is 0 Å². The summed E-state index contributed by atoms with van der Waals surface area (Å²) in [5.74, 6) is 0.960. The van der Waals surface area contributed by atoms with Crippen molar-refractivity contribution in [2.45, 2.75) is 59.7 Å². The Morgan fingerprint density at radius 1 is 1.28 bits per heavy atom. The third kappa shape index (κ3) is 8.89. The van der Waals surface area contributed by atoms with Gasteiger partial charge in [0, 0.05) is 64.1 Å². The molecular formula is C18H37IN6. The van der Waals surface area contributed by atoms with E-state index in [4.69, 9.17) is 4.99 Å². The van der Waals surface area contributed by atoms with E-state index in [1.54, 1.807) is 0 Å². The Morgan fingerprint density at radius 3 is 2.40 bits per heavy atom. The van der Waals surface area contributed by atoms with Gasteiger partial charge in [-0.3, -0.25) is 14.6 Å². The Balaban J connectivity index is 0.00000576. The summed E-state index contributed by atoms with van der Waals surface area (Å²) in [6.45, 7) is 14.8.